The van der Waals surface area contributed by atoms with Gasteiger partial charge in [-0.3, -0.25) is 4.79 Å². The molecule has 0 spiro atoms. The molecule has 2 aliphatic heterocycles. The molecule has 0 radical (unpaired) electrons. The van der Waals surface area contributed by atoms with E-state index in [0.29, 0.717) is 13.0 Å². The zero-order chi connectivity index (χ0) is 11.9. The number of hydrogen-bond donors (Lipinski definition) is 2. The van der Waals surface area contributed by atoms with Crippen LogP contribution in [0.3, 0.4) is 0 Å². The largest absolute Gasteiger partial charge is 0.378 e. The minimum absolute atomic E-state index is 0.132. The monoisotopic (exact) mass is 241 g/mol. The van der Waals surface area contributed by atoms with Gasteiger partial charge in [-0.1, -0.05) is 0 Å². The summed E-state index contributed by atoms with van der Waals surface area (Å²) in [5, 5.41) is 6.27. The molecule has 2 aliphatic rings. The molecular formula is C12H23N3O2. The van der Waals surface area contributed by atoms with Crippen molar-refractivity contribution in [2.75, 3.05) is 45.9 Å². The van der Waals surface area contributed by atoms with Crippen LogP contribution in [0.25, 0.3) is 0 Å². The smallest absolute Gasteiger partial charge is 0.221 e. The van der Waals surface area contributed by atoms with E-state index in [9.17, 15) is 4.79 Å². The van der Waals surface area contributed by atoms with Crippen LogP contribution in [-0.2, 0) is 9.53 Å². The minimum Gasteiger partial charge on any atom is -0.378 e. The number of morpholine rings is 1. The molecule has 0 bridgehead atoms. The van der Waals surface area contributed by atoms with E-state index < -0.39 is 0 Å². The summed E-state index contributed by atoms with van der Waals surface area (Å²) in [6.07, 6.45) is 3.13. The van der Waals surface area contributed by atoms with Gasteiger partial charge in [0.25, 0.3) is 0 Å². The summed E-state index contributed by atoms with van der Waals surface area (Å²) in [7, 11) is 0. The lowest BCUT2D eigenvalue weighted by Crippen LogP contribution is -2.45. The first-order valence-electron chi connectivity index (χ1n) is 6.65. The lowest BCUT2D eigenvalue weighted by molar-refractivity contribution is -0.122. The fourth-order valence-corrected chi connectivity index (χ4v) is 2.41. The van der Waals surface area contributed by atoms with Gasteiger partial charge in [-0.2, -0.15) is 0 Å². The van der Waals surface area contributed by atoms with Gasteiger partial charge in [0, 0.05) is 32.1 Å². The number of rotatable bonds is 5. The lowest BCUT2D eigenvalue weighted by Gasteiger charge is -2.23. The maximum Gasteiger partial charge on any atom is 0.221 e. The van der Waals surface area contributed by atoms with Gasteiger partial charge in [-0.15, -0.1) is 0 Å². The summed E-state index contributed by atoms with van der Waals surface area (Å²) in [5.74, 6) is 0.132. The van der Waals surface area contributed by atoms with Crippen LogP contribution in [0.4, 0.5) is 0 Å². The molecule has 1 atom stereocenters. The topological polar surface area (TPSA) is 53.6 Å². The van der Waals surface area contributed by atoms with Gasteiger partial charge in [0.05, 0.1) is 13.2 Å². The van der Waals surface area contributed by atoms with Crippen LogP contribution in [0.5, 0.6) is 0 Å². The van der Waals surface area contributed by atoms with Crippen LogP contribution in [-0.4, -0.2) is 62.8 Å². The molecule has 2 fully saturated rings. The number of nitrogens with zero attached hydrogens (tertiary/aromatic N) is 1. The van der Waals surface area contributed by atoms with Gasteiger partial charge in [0.2, 0.25) is 5.91 Å². The summed E-state index contributed by atoms with van der Waals surface area (Å²) in [5.41, 5.74) is 0. The van der Waals surface area contributed by atoms with Gasteiger partial charge in [0.15, 0.2) is 0 Å². The van der Waals surface area contributed by atoms with E-state index in [1.54, 1.807) is 0 Å². The Morgan fingerprint density at radius 1 is 1.41 bits per heavy atom. The Labute approximate surface area is 103 Å². The summed E-state index contributed by atoms with van der Waals surface area (Å²) in [4.78, 5) is 14.1. The van der Waals surface area contributed by atoms with Gasteiger partial charge < -0.3 is 20.3 Å². The minimum atomic E-state index is 0.132. The predicted octanol–water partition coefficient (Wildman–Crippen LogP) is -0.423. The van der Waals surface area contributed by atoms with Crippen molar-refractivity contribution in [1.29, 1.82) is 0 Å². The zero-order valence-electron chi connectivity index (χ0n) is 10.4. The Kier molecular flexibility index (Phi) is 5.22. The molecule has 2 N–H and O–H groups in total. The molecule has 5 nitrogen and oxygen atoms in total. The molecule has 1 unspecified atom stereocenters. The number of carbonyl (C=O) groups excluding carboxylic acids is 1. The molecule has 1 amide bonds. The highest BCUT2D eigenvalue weighted by atomic mass is 16.5. The van der Waals surface area contributed by atoms with E-state index in [-0.39, 0.29) is 11.9 Å². The van der Waals surface area contributed by atoms with Gasteiger partial charge in [-0.25, -0.2) is 0 Å². The fraction of sp³-hybridized carbons (Fsp3) is 0.917. The quantitative estimate of drug-likeness (QED) is 0.686. The first-order valence-corrected chi connectivity index (χ1v) is 6.65. The summed E-state index contributed by atoms with van der Waals surface area (Å²) < 4.78 is 5.32. The van der Waals surface area contributed by atoms with Gasteiger partial charge in [-0.05, 0) is 25.9 Å². The predicted molar refractivity (Wildman–Crippen MR) is 65.9 cm³/mol. The average molecular weight is 241 g/mol. The number of likely N-dealkylation sites (tertiary alicyclic amines) is 1. The van der Waals surface area contributed by atoms with E-state index in [4.69, 9.17) is 4.74 Å². The third-order valence-corrected chi connectivity index (χ3v) is 3.38. The van der Waals surface area contributed by atoms with Crippen LogP contribution in [0, 0.1) is 0 Å². The van der Waals surface area contributed by atoms with Gasteiger partial charge >= 0.3 is 0 Å². The number of amides is 1. The van der Waals surface area contributed by atoms with Crippen LogP contribution >= 0.6 is 0 Å². The van der Waals surface area contributed by atoms with Crippen LogP contribution in [0.2, 0.25) is 0 Å². The number of ether oxygens (including phenoxy) is 1. The Hall–Kier alpha value is -0.650. The standard InChI is InChI=1S/C12H23N3O2/c16-12(9-11-10-17-8-4-13-11)14-3-7-15-5-1-2-6-15/h11,13H,1-10H2,(H,14,16). The number of hydrogen-bond acceptors (Lipinski definition) is 4. The lowest BCUT2D eigenvalue weighted by atomic mass is 10.2. The second kappa shape index (κ2) is 6.93. The highest BCUT2D eigenvalue weighted by molar-refractivity contribution is 5.76. The normalized spacial score (nSPS) is 26.0. The first-order chi connectivity index (χ1) is 8.34. The highest BCUT2D eigenvalue weighted by Gasteiger charge is 2.17. The molecule has 98 valence electrons. The van der Waals surface area contributed by atoms with E-state index in [2.05, 4.69) is 15.5 Å². The number of nitrogens with one attached hydrogen (secondary N) is 2. The summed E-state index contributed by atoms with van der Waals surface area (Å²) in [6.45, 7) is 6.40. The molecule has 0 aromatic rings. The maximum absolute atomic E-state index is 11.7. The summed E-state index contributed by atoms with van der Waals surface area (Å²) >= 11 is 0. The molecule has 0 aliphatic carbocycles. The first kappa shape index (κ1) is 12.8. The van der Waals surface area contributed by atoms with Crippen molar-refractivity contribution in [2.45, 2.75) is 25.3 Å². The van der Waals surface area contributed by atoms with Crippen LogP contribution in [0.15, 0.2) is 0 Å². The fourth-order valence-electron chi connectivity index (χ4n) is 2.41. The zero-order valence-corrected chi connectivity index (χ0v) is 10.4. The van der Waals surface area contributed by atoms with Gasteiger partial charge in [0.1, 0.15) is 0 Å². The van der Waals surface area contributed by atoms with Crippen molar-refractivity contribution in [3.05, 3.63) is 0 Å². The molecule has 5 heteroatoms. The van der Waals surface area contributed by atoms with E-state index >= 15 is 0 Å². The van der Waals surface area contributed by atoms with Crippen molar-refractivity contribution >= 4 is 5.91 Å². The van der Waals surface area contributed by atoms with Crippen molar-refractivity contribution in [2.24, 2.45) is 0 Å². The van der Waals surface area contributed by atoms with Crippen molar-refractivity contribution < 1.29 is 9.53 Å². The second-order valence-electron chi connectivity index (χ2n) is 4.83. The maximum atomic E-state index is 11.7. The molecule has 2 rings (SSSR count). The van der Waals surface area contributed by atoms with E-state index in [1.165, 1.54) is 25.9 Å². The van der Waals surface area contributed by atoms with Crippen LogP contribution in [0.1, 0.15) is 19.3 Å². The molecule has 0 aromatic heterocycles. The Morgan fingerprint density at radius 2 is 2.24 bits per heavy atom. The van der Waals surface area contributed by atoms with Crippen molar-refractivity contribution in [1.82, 2.24) is 15.5 Å². The Balaban J connectivity index is 1.53. The molecule has 0 aromatic carbocycles. The second-order valence-corrected chi connectivity index (χ2v) is 4.83. The molecule has 17 heavy (non-hydrogen) atoms. The Morgan fingerprint density at radius 3 is 2.94 bits per heavy atom. The SMILES string of the molecule is O=C(CC1COCCN1)NCCN1CCCC1. The molecule has 2 saturated heterocycles. The third kappa shape index (κ3) is 4.61. The average Bonchev–Trinajstić information content (AvgIpc) is 2.83. The molecule has 2 heterocycles. The van der Waals surface area contributed by atoms with Crippen LogP contribution < -0.4 is 10.6 Å². The Bertz CT molecular complexity index is 236. The summed E-state index contributed by atoms with van der Waals surface area (Å²) in [6, 6.07) is 0.190. The number of carbonyl (C=O) groups is 1. The van der Waals surface area contributed by atoms with E-state index in [1.807, 2.05) is 0 Å². The molecule has 0 saturated carbocycles. The molecular weight excluding hydrogens is 218 g/mol. The van der Waals surface area contributed by atoms with Crippen molar-refractivity contribution in [3.63, 3.8) is 0 Å². The van der Waals surface area contributed by atoms with Crippen molar-refractivity contribution in [3.8, 4) is 0 Å². The third-order valence-electron chi connectivity index (χ3n) is 3.38. The van der Waals surface area contributed by atoms with E-state index in [0.717, 1.165) is 26.2 Å². The highest BCUT2D eigenvalue weighted by Crippen LogP contribution is 2.05.